The van der Waals surface area contributed by atoms with Crippen molar-refractivity contribution in [2.75, 3.05) is 40.8 Å². The lowest BCUT2D eigenvalue weighted by Crippen LogP contribution is -2.38. The third-order valence-corrected chi connectivity index (χ3v) is 5.33. The first kappa shape index (κ1) is 24.7. The number of ether oxygens (including phenoxy) is 1. The van der Waals surface area contributed by atoms with Crippen LogP contribution in [0.25, 0.3) is 0 Å². The van der Waals surface area contributed by atoms with E-state index in [1.165, 1.54) is 10.4 Å². The lowest BCUT2D eigenvalue weighted by molar-refractivity contribution is 0.281. The number of aliphatic imine (C=N–C) groups is 1. The highest BCUT2D eigenvalue weighted by molar-refractivity contribution is 14.0. The molecule has 0 bridgehead atoms. The van der Waals surface area contributed by atoms with Crippen molar-refractivity contribution in [2.24, 2.45) is 4.99 Å². The van der Waals surface area contributed by atoms with Crippen molar-refractivity contribution in [2.45, 2.75) is 25.8 Å². The maximum Gasteiger partial charge on any atom is 0.191 e. The zero-order valence-corrected chi connectivity index (χ0v) is 20.4. The summed E-state index contributed by atoms with van der Waals surface area (Å²) >= 11 is 1.80. The van der Waals surface area contributed by atoms with Crippen molar-refractivity contribution in [3.05, 3.63) is 52.2 Å². The third kappa shape index (κ3) is 9.25. The molecule has 0 spiro atoms. The first-order chi connectivity index (χ1) is 13.1. The van der Waals surface area contributed by atoms with Gasteiger partial charge in [-0.25, -0.2) is 0 Å². The largest absolute Gasteiger partial charge is 0.494 e. The Hall–Kier alpha value is -1.32. The summed E-state index contributed by atoms with van der Waals surface area (Å²) in [6, 6.07) is 12.5. The van der Waals surface area contributed by atoms with Crippen LogP contribution in [0.1, 0.15) is 29.7 Å². The molecule has 1 aromatic heterocycles. The fourth-order valence-corrected chi connectivity index (χ4v) is 3.39. The molecule has 7 heteroatoms. The minimum absolute atomic E-state index is 0. The van der Waals surface area contributed by atoms with Crippen LogP contribution in [0, 0.1) is 0 Å². The lowest BCUT2D eigenvalue weighted by Gasteiger charge is -2.15. The number of benzene rings is 1. The SMILES string of the molecule is CN=C(NCc1ccc(OCCCN(C)C)cc1)NCC(C)c1cccs1.I. The molecule has 0 fully saturated rings. The van der Waals surface area contributed by atoms with E-state index in [0.29, 0.717) is 5.92 Å². The van der Waals surface area contributed by atoms with Crippen molar-refractivity contribution in [3.63, 3.8) is 0 Å². The minimum Gasteiger partial charge on any atom is -0.494 e. The molecule has 0 aliphatic carbocycles. The summed E-state index contributed by atoms with van der Waals surface area (Å²) in [5.41, 5.74) is 1.20. The summed E-state index contributed by atoms with van der Waals surface area (Å²) in [6.45, 7) is 5.60. The van der Waals surface area contributed by atoms with E-state index in [1.54, 1.807) is 18.4 Å². The van der Waals surface area contributed by atoms with Gasteiger partial charge >= 0.3 is 0 Å². The molecule has 156 valence electrons. The molecule has 0 aliphatic rings. The summed E-state index contributed by atoms with van der Waals surface area (Å²) < 4.78 is 5.78. The molecule has 0 saturated carbocycles. The Morgan fingerprint density at radius 1 is 1.18 bits per heavy atom. The Labute approximate surface area is 190 Å². The number of nitrogens with one attached hydrogen (secondary N) is 2. The Kier molecular flexibility index (Phi) is 12.2. The summed E-state index contributed by atoms with van der Waals surface area (Å²) in [4.78, 5) is 7.86. The molecule has 1 aromatic carbocycles. The maximum atomic E-state index is 5.78. The molecule has 0 aliphatic heterocycles. The third-order valence-electron chi connectivity index (χ3n) is 4.23. The van der Waals surface area contributed by atoms with Crippen molar-refractivity contribution in [1.82, 2.24) is 15.5 Å². The fraction of sp³-hybridized carbons (Fsp3) is 0.476. The van der Waals surface area contributed by atoms with Gasteiger partial charge in [0.15, 0.2) is 5.96 Å². The van der Waals surface area contributed by atoms with Crippen LogP contribution in [0.15, 0.2) is 46.8 Å². The highest BCUT2D eigenvalue weighted by Gasteiger charge is 2.07. The number of halogens is 1. The van der Waals surface area contributed by atoms with Crippen molar-refractivity contribution < 1.29 is 4.74 Å². The van der Waals surface area contributed by atoms with Crippen LogP contribution in [0.2, 0.25) is 0 Å². The van der Waals surface area contributed by atoms with E-state index < -0.39 is 0 Å². The highest BCUT2D eigenvalue weighted by Crippen LogP contribution is 2.19. The van der Waals surface area contributed by atoms with Gasteiger partial charge in [-0.15, -0.1) is 35.3 Å². The number of guanidine groups is 1. The molecular weight excluding hydrogens is 483 g/mol. The maximum absolute atomic E-state index is 5.78. The molecule has 0 radical (unpaired) electrons. The normalized spacial score (nSPS) is 12.4. The first-order valence-electron chi connectivity index (χ1n) is 9.43. The van der Waals surface area contributed by atoms with E-state index in [1.807, 2.05) is 12.1 Å². The van der Waals surface area contributed by atoms with Crippen LogP contribution < -0.4 is 15.4 Å². The van der Waals surface area contributed by atoms with Gasteiger partial charge in [-0.3, -0.25) is 4.99 Å². The molecule has 28 heavy (non-hydrogen) atoms. The molecule has 2 rings (SSSR count). The smallest absolute Gasteiger partial charge is 0.191 e. The Balaban J connectivity index is 0.00000392. The molecule has 2 aromatic rings. The summed E-state index contributed by atoms with van der Waals surface area (Å²) in [7, 11) is 5.95. The standard InChI is InChI=1S/C21H32N4OS.HI/c1-17(20-7-5-14-27-20)15-23-21(22-2)24-16-18-8-10-19(11-9-18)26-13-6-12-25(3)4;/h5,7-11,14,17H,6,12-13,15-16H2,1-4H3,(H2,22,23,24);1H. The molecule has 5 nitrogen and oxygen atoms in total. The highest BCUT2D eigenvalue weighted by atomic mass is 127. The zero-order valence-electron chi connectivity index (χ0n) is 17.3. The molecule has 1 unspecified atom stereocenters. The Morgan fingerprint density at radius 3 is 2.54 bits per heavy atom. The second kappa shape index (κ2) is 13.8. The second-order valence-electron chi connectivity index (χ2n) is 6.87. The molecule has 0 amide bonds. The van der Waals surface area contributed by atoms with Crippen LogP contribution in [0.5, 0.6) is 5.75 Å². The molecule has 2 N–H and O–H groups in total. The number of thiophene rings is 1. The van der Waals surface area contributed by atoms with Crippen LogP contribution in [0.3, 0.4) is 0 Å². The molecule has 1 atom stereocenters. The average molecular weight is 516 g/mol. The number of hydrogen-bond donors (Lipinski definition) is 2. The van der Waals surface area contributed by atoms with E-state index in [4.69, 9.17) is 4.74 Å². The Morgan fingerprint density at radius 2 is 1.93 bits per heavy atom. The lowest BCUT2D eigenvalue weighted by atomic mass is 10.1. The quantitative estimate of drug-likeness (QED) is 0.216. The van der Waals surface area contributed by atoms with Gasteiger partial charge in [0, 0.05) is 37.5 Å². The van der Waals surface area contributed by atoms with Crippen molar-refractivity contribution >= 4 is 41.3 Å². The monoisotopic (exact) mass is 516 g/mol. The number of nitrogens with zero attached hydrogens (tertiary/aromatic N) is 2. The number of hydrogen-bond acceptors (Lipinski definition) is 4. The summed E-state index contributed by atoms with van der Waals surface area (Å²) in [6.07, 6.45) is 1.03. The van der Waals surface area contributed by atoms with Gasteiger partial charge in [-0.1, -0.05) is 25.1 Å². The van der Waals surface area contributed by atoms with E-state index in [0.717, 1.165) is 44.4 Å². The summed E-state index contributed by atoms with van der Waals surface area (Å²) in [5.74, 6) is 2.21. The Bertz CT molecular complexity index is 674. The zero-order chi connectivity index (χ0) is 19.5. The van der Waals surface area contributed by atoms with Crippen molar-refractivity contribution in [1.29, 1.82) is 0 Å². The van der Waals surface area contributed by atoms with Gasteiger partial charge in [0.1, 0.15) is 5.75 Å². The summed E-state index contributed by atoms with van der Waals surface area (Å²) in [5, 5.41) is 8.89. The predicted molar refractivity (Wildman–Crippen MR) is 131 cm³/mol. The van der Waals surface area contributed by atoms with Gasteiger partial charge in [0.25, 0.3) is 0 Å². The van der Waals surface area contributed by atoms with Crippen LogP contribution in [-0.4, -0.2) is 51.7 Å². The van der Waals surface area contributed by atoms with E-state index in [9.17, 15) is 0 Å². The van der Waals surface area contributed by atoms with Gasteiger partial charge in [0.2, 0.25) is 0 Å². The van der Waals surface area contributed by atoms with Gasteiger partial charge in [-0.2, -0.15) is 0 Å². The first-order valence-corrected chi connectivity index (χ1v) is 10.3. The van der Waals surface area contributed by atoms with E-state index in [-0.39, 0.29) is 24.0 Å². The van der Waals surface area contributed by atoms with Gasteiger partial charge < -0.3 is 20.3 Å². The van der Waals surface area contributed by atoms with E-state index >= 15 is 0 Å². The van der Waals surface area contributed by atoms with Gasteiger partial charge in [0.05, 0.1) is 6.61 Å². The topological polar surface area (TPSA) is 48.9 Å². The molecule has 0 saturated heterocycles. The fourth-order valence-electron chi connectivity index (χ4n) is 2.60. The van der Waals surface area contributed by atoms with E-state index in [2.05, 4.69) is 71.2 Å². The number of rotatable bonds is 10. The predicted octanol–water partition coefficient (Wildman–Crippen LogP) is 4.17. The average Bonchev–Trinajstić information content (AvgIpc) is 3.21. The van der Waals surface area contributed by atoms with Crippen LogP contribution in [0.4, 0.5) is 0 Å². The molecule has 1 heterocycles. The minimum atomic E-state index is 0. The second-order valence-corrected chi connectivity index (χ2v) is 7.85. The van der Waals surface area contributed by atoms with Crippen molar-refractivity contribution in [3.8, 4) is 5.75 Å². The van der Waals surface area contributed by atoms with Gasteiger partial charge in [-0.05, 0) is 49.7 Å². The molecular formula is C21H33IN4OS. The van der Waals surface area contributed by atoms with Crippen LogP contribution >= 0.6 is 35.3 Å². The van der Waals surface area contributed by atoms with Crippen LogP contribution in [-0.2, 0) is 6.54 Å².